The third-order valence-electron chi connectivity index (χ3n) is 3.04. The second kappa shape index (κ2) is 9.09. The first-order valence-corrected chi connectivity index (χ1v) is 7.81. The summed E-state index contributed by atoms with van der Waals surface area (Å²) in [7, 11) is 1.74. The lowest BCUT2D eigenvalue weighted by Gasteiger charge is -2.09. The fraction of sp³-hybridized carbons (Fsp3) is 0.500. The molecular weight excluding hydrogens is 413 g/mol. The van der Waals surface area contributed by atoms with Crippen molar-refractivity contribution in [3.63, 3.8) is 0 Å². The summed E-state index contributed by atoms with van der Waals surface area (Å²) in [6.45, 7) is 7.11. The number of thiazole rings is 1. The number of guanidine groups is 1. The maximum Gasteiger partial charge on any atom is 0.214 e. The molecule has 0 bridgehead atoms. The molecule has 8 heteroatoms. The molecular formula is C14H22IN5OS. The van der Waals surface area contributed by atoms with Crippen molar-refractivity contribution < 1.29 is 4.42 Å². The smallest absolute Gasteiger partial charge is 0.214 e. The Morgan fingerprint density at radius 2 is 2.00 bits per heavy atom. The molecule has 0 saturated carbocycles. The summed E-state index contributed by atoms with van der Waals surface area (Å²) in [5, 5.41) is 9.63. The second-order valence-electron chi connectivity index (χ2n) is 4.61. The molecule has 0 fully saturated rings. The van der Waals surface area contributed by atoms with E-state index < -0.39 is 0 Å². The van der Waals surface area contributed by atoms with Gasteiger partial charge in [0.1, 0.15) is 5.76 Å². The van der Waals surface area contributed by atoms with Crippen LogP contribution in [-0.4, -0.2) is 23.0 Å². The number of aliphatic imine (C=N–C) groups is 1. The van der Waals surface area contributed by atoms with Crippen molar-refractivity contribution >= 4 is 41.3 Å². The van der Waals surface area contributed by atoms with Crippen LogP contribution in [0.3, 0.4) is 0 Å². The molecule has 0 aliphatic carbocycles. The van der Waals surface area contributed by atoms with Gasteiger partial charge >= 0.3 is 0 Å². The van der Waals surface area contributed by atoms with Crippen molar-refractivity contribution in [3.8, 4) is 0 Å². The Kier molecular flexibility index (Phi) is 7.80. The maximum absolute atomic E-state index is 5.52. The van der Waals surface area contributed by atoms with Crippen LogP contribution in [0, 0.1) is 13.8 Å². The zero-order valence-corrected chi connectivity index (χ0v) is 16.4. The molecule has 0 atom stereocenters. The first-order chi connectivity index (χ1) is 10.1. The van der Waals surface area contributed by atoms with Crippen LogP contribution >= 0.6 is 35.3 Å². The van der Waals surface area contributed by atoms with Crippen LogP contribution in [0.2, 0.25) is 0 Å². The fourth-order valence-electron chi connectivity index (χ4n) is 1.76. The van der Waals surface area contributed by atoms with Gasteiger partial charge in [0.05, 0.1) is 29.5 Å². The molecule has 0 spiro atoms. The predicted octanol–water partition coefficient (Wildman–Crippen LogP) is 2.79. The topological polar surface area (TPSA) is 75.3 Å². The van der Waals surface area contributed by atoms with Crippen LogP contribution in [0.4, 0.5) is 0 Å². The molecule has 0 aliphatic heterocycles. The summed E-state index contributed by atoms with van der Waals surface area (Å²) in [5.41, 5.74) is 1.95. The number of halogens is 1. The third kappa shape index (κ3) is 5.24. The van der Waals surface area contributed by atoms with Gasteiger partial charge in [-0.2, -0.15) is 0 Å². The van der Waals surface area contributed by atoms with Gasteiger partial charge in [0.2, 0.25) is 5.89 Å². The van der Waals surface area contributed by atoms with E-state index in [1.165, 1.54) is 0 Å². The number of aromatic nitrogens is 2. The zero-order chi connectivity index (χ0) is 15.2. The minimum atomic E-state index is 0. The van der Waals surface area contributed by atoms with Gasteiger partial charge in [0.25, 0.3) is 0 Å². The van der Waals surface area contributed by atoms with Gasteiger partial charge in [-0.05, 0) is 20.3 Å². The lowest BCUT2D eigenvalue weighted by Crippen LogP contribution is -2.36. The number of aryl methyl sites for hydroxylation is 3. The highest BCUT2D eigenvalue weighted by atomic mass is 127. The summed E-state index contributed by atoms with van der Waals surface area (Å²) in [5.74, 6) is 2.22. The molecule has 2 aromatic heterocycles. The minimum Gasteiger partial charge on any atom is -0.444 e. The molecule has 0 unspecified atom stereocenters. The average Bonchev–Trinajstić information content (AvgIpc) is 3.06. The predicted molar refractivity (Wildman–Crippen MR) is 99.9 cm³/mol. The average molecular weight is 435 g/mol. The molecule has 122 valence electrons. The molecule has 22 heavy (non-hydrogen) atoms. The Morgan fingerprint density at radius 1 is 1.27 bits per heavy atom. The van der Waals surface area contributed by atoms with Gasteiger partial charge in [-0.1, -0.05) is 6.92 Å². The SMILES string of the molecule is CCc1nc(CNC(=NC)NCc2nc(C)c(C)o2)cs1.I. The lowest BCUT2D eigenvalue weighted by atomic mass is 10.4. The Hall–Kier alpha value is -1.16. The highest BCUT2D eigenvalue weighted by Crippen LogP contribution is 2.10. The quantitative estimate of drug-likeness (QED) is 0.429. The largest absolute Gasteiger partial charge is 0.444 e. The van der Waals surface area contributed by atoms with E-state index in [1.54, 1.807) is 18.4 Å². The summed E-state index contributed by atoms with van der Waals surface area (Å²) in [4.78, 5) is 13.0. The van der Waals surface area contributed by atoms with Crippen LogP contribution in [-0.2, 0) is 19.5 Å². The number of nitrogens with one attached hydrogen (secondary N) is 2. The van der Waals surface area contributed by atoms with E-state index in [0.717, 1.165) is 28.6 Å². The molecule has 6 nitrogen and oxygen atoms in total. The highest BCUT2D eigenvalue weighted by Gasteiger charge is 2.07. The Balaban J connectivity index is 0.00000242. The Bertz CT molecular complexity index is 603. The van der Waals surface area contributed by atoms with Crippen molar-refractivity contribution in [2.45, 2.75) is 40.3 Å². The first kappa shape index (κ1) is 18.9. The fourth-order valence-corrected chi connectivity index (χ4v) is 2.51. The van der Waals surface area contributed by atoms with Crippen LogP contribution in [0.15, 0.2) is 14.8 Å². The maximum atomic E-state index is 5.52. The monoisotopic (exact) mass is 435 g/mol. The molecule has 0 aromatic carbocycles. The summed E-state index contributed by atoms with van der Waals surface area (Å²) in [6.07, 6.45) is 0.973. The second-order valence-corrected chi connectivity index (χ2v) is 5.56. The van der Waals surface area contributed by atoms with Crippen molar-refractivity contribution in [3.05, 3.63) is 33.4 Å². The van der Waals surface area contributed by atoms with E-state index in [4.69, 9.17) is 4.42 Å². The summed E-state index contributed by atoms with van der Waals surface area (Å²) in [6, 6.07) is 0. The number of oxazole rings is 1. The molecule has 2 aromatic rings. The van der Waals surface area contributed by atoms with Crippen LogP contribution in [0.25, 0.3) is 0 Å². The minimum absolute atomic E-state index is 0. The highest BCUT2D eigenvalue weighted by molar-refractivity contribution is 14.0. The number of nitrogens with zero attached hydrogens (tertiary/aromatic N) is 3. The molecule has 2 N–H and O–H groups in total. The first-order valence-electron chi connectivity index (χ1n) is 6.93. The van der Waals surface area contributed by atoms with Gasteiger partial charge in [-0.3, -0.25) is 4.99 Å². The van der Waals surface area contributed by atoms with E-state index in [2.05, 4.69) is 37.9 Å². The van der Waals surface area contributed by atoms with Crippen LogP contribution in [0.1, 0.15) is 35.0 Å². The third-order valence-corrected chi connectivity index (χ3v) is 4.08. The number of rotatable bonds is 5. The van der Waals surface area contributed by atoms with Crippen LogP contribution in [0.5, 0.6) is 0 Å². The standard InChI is InChI=1S/C14H21N5OS.HI/c1-5-13-19-11(8-21-13)6-16-14(15-4)17-7-12-18-9(2)10(3)20-12;/h8H,5-7H2,1-4H3,(H2,15,16,17);1H. The molecule has 2 rings (SSSR count). The van der Waals surface area contributed by atoms with E-state index >= 15 is 0 Å². The Morgan fingerprint density at radius 3 is 2.55 bits per heavy atom. The molecule has 0 amide bonds. The van der Waals surface area contributed by atoms with Gasteiger partial charge in [-0.25, -0.2) is 9.97 Å². The molecule has 0 aliphatic rings. The number of hydrogen-bond acceptors (Lipinski definition) is 5. The van der Waals surface area contributed by atoms with Gasteiger partial charge < -0.3 is 15.1 Å². The van der Waals surface area contributed by atoms with Crippen molar-refractivity contribution in [2.24, 2.45) is 4.99 Å². The normalized spacial score (nSPS) is 11.2. The van der Waals surface area contributed by atoms with Crippen molar-refractivity contribution in [1.82, 2.24) is 20.6 Å². The van der Waals surface area contributed by atoms with E-state index in [9.17, 15) is 0 Å². The molecule has 0 saturated heterocycles. The van der Waals surface area contributed by atoms with Gasteiger partial charge in [-0.15, -0.1) is 35.3 Å². The van der Waals surface area contributed by atoms with Crippen molar-refractivity contribution in [1.29, 1.82) is 0 Å². The van der Waals surface area contributed by atoms with Crippen molar-refractivity contribution in [2.75, 3.05) is 7.05 Å². The number of hydrogen-bond donors (Lipinski definition) is 2. The lowest BCUT2D eigenvalue weighted by molar-refractivity contribution is 0.463. The summed E-state index contributed by atoms with van der Waals surface area (Å²) >= 11 is 1.69. The van der Waals surface area contributed by atoms with Gasteiger partial charge in [0, 0.05) is 12.4 Å². The molecule has 2 heterocycles. The zero-order valence-electron chi connectivity index (χ0n) is 13.3. The summed E-state index contributed by atoms with van der Waals surface area (Å²) < 4.78 is 5.52. The van der Waals surface area contributed by atoms with E-state index in [0.29, 0.717) is 24.9 Å². The van der Waals surface area contributed by atoms with Crippen LogP contribution < -0.4 is 10.6 Å². The van der Waals surface area contributed by atoms with E-state index in [-0.39, 0.29) is 24.0 Å². The Labute approximate surface area is 151 Å². The van der Waals surface area contributed by atoms with Gasteiger partial charge in [0.15, 0.2) is 5.96 Å². The molecule has 0 radical (unpaired) electrons. The van der Waals surface area contributed by atoms with E-state index in [1.807, 2.05) is 13.8 Å².